The summed E-state index contributed by atoms with van der Waals surface area (Å²) in [4.78, 5) is 14.5. The standard InChI is InChI=1S/C8H8NO/c1-6-3-8(7(2)10)5-9-4-6/h3,5H,1-2H3. The molecule has 0 aliphatic carbocycles. The van der Waals surface area contributed by atoms with Crippen molar-refractivity contribution in [3.05, 3.63) is 29.6 Å². The number of hydrogen-bond donors (Lipinski definition) is 0. The van der Waals surface area contributed by atoms with Gasteiger partial charge in [-0.05, 0) is 25.5 Å². The average molecular weight is 134 g/mol. The molecule has 2 nitrogen and oxygen atoms in total. The van der Waals surface area contributed by atoms with Gasteiger partial charge in [-0.2, -0.15) is 0 Å². The molecule has 1 heterocycles. The van der Waals surface area contributed by atoms with Gasteiger partial charge in [-0.1, -0.05) is 0 Å². The van der Waals surface area contributed by atoms with Crippen LogP contribution < -0.4 is 0 Å². The average Bonchev–Trinajstić information content (AvgIpc) is 1.88. The monoisotopic (exact) mass is 134 g/mol. The fourth-order valence-electron chi connectivity index (χ4n) is 0.699. The number of Topliss-reactive ketones (excluding diaryl/α,β-unsaturated/α-hetero) is 1. The Hall–Kier alpha value is -1.18. The summed E-state index contributed by atoms with van der Waals surface area (Å²) in [6, 6.07) is 1.77. The lowest BCUT2D eigenvalue weighted by Crippen LogP contribution is -1.93. The van der Waals surface area contributed by atoms with Gasteiger partial charge >= 0.3 is 0 Å². The Labute approximate surface area is 59.9 Å². The summed E-state index contributed by atoms with van der Waals surface area (Å²) in [7, 11) is 0. The van der Waals surface area contributed by atoms with Crippen LogP contribution in [0.3, 0.4) is 0 Å². The Morgan fingerprint density at radius 2 is 2.40 bits per heavy atom. The van der Waals surface area contributed by atoms with Crippen LogP contribution in [0.5, 0.6) is 0 Å². The number of nitrogens with zero attached hydrogens (tertiary/aromatic N) is 1. The highest BCUT2D eigenvalue weighted by Crippen LogP contribution is 2.00. The highest BCUT2D eigenvalue weighted by atomic mass is 16.1. The molecule has 1 aromatic rings. The third kappa shape index (κ3) is 1.41. The van der Waals surface area contributed by atoms with Crippen molar-refractivity contribution in [1.82, 2.24) is 4.98 Å². The maximum Gasteiger partial charge on any atom is 0.161 e. The molecular formula is C8H8NO. The van der Waals surface area contributed by atoms with Crippen LogP contribution >= 0.6 is 0 Å². The number of rotatable bonds is 1. The molecule has 1 radical (unpaired) electrons. The third-order valence-electron chi connectivity index (χ3n) is 1.22. The zero-order chi connectivity index (χ0) is 7.56. The van der Waals surface area contributed by atoms with E-state index in [-0.39, 0.29) is 5.78 Å². The zero-order valence-electron chi connectivity index (χ0n) is 6.01. The van der Waals surface area contributed by atoms with Crippen molar-refractivity contribution < 1.29 is 4.79 Å². The minimum Gasteiger partial charge on any atom is -0.294 e. The van der Waals surface area contributed by atoms with E-state index in [1.807, 2.05) is 6.92 Å². The number of aryl methyl sites for hydroxylation is 1. The van der Waals surface area contributed by atoms with Crippen molar-refractivity contribution in [1.29, 1.82) is 0 Å². The number of carbonyl (C=O) groups is 1. The predicted octanol–water partition coefficient (Wildman–Crippen LogP) is 1.39. The molecule has 0 unspecified atom stereocenters. The molecule has 0 N–H and O–H groups in total. The second-order valence-corrected chi connectivity index (χ2v) is 2.21. The SMILES string of the molecule is CC(=O)c1cn[c]c(C)c1. The molecule has 1 aromatic heterocycles. The summed E-state index contributed by atoms with van der Waals surface area (Å²) in [5.74, 6) is 0.0459. The number of ketones is 1. The van der Waals surface area contributed by atoms with E-state index >= 15 is 0 Å². The molecule has 51 valence electrons. The zero-order valence-corrected chi connectivity index (χ0v) is 6.01. The van der Waals surface area contributed by atoms with Gasteiger partial charge in [0.15, 0.2) is 5.78 Å². The molecule has 0 bridgehead atoms. The van der Waals surface area contributed by atoms with Crippen LogP contribution in [0.1, 0.15) is 22.8 Å². The second kappa shape index (κ2) is 2.60. The lowest BCUT2D eigenvalue weighted by Gasteiger charge is -1.93. The predicted molar refractivity (Wildman–Crippen MR) is 37.8 cm³/mol. The molecule has 0 spiro atoms. The van der Waals surface area contributed by atoms with Gasteiger partial charge in [0.25, 0.3) is 0 Å². The Morgan fingerprint density at radius 3 is 2.80 bits per heavy atom. The lowest BCUT2D eigenvalue weighted by atomic mass is 10.2. The van der Waals surface area contributed by atoms with Crippen LogP contribution in [-0.4, -0.2) is 10.8 Å². The first-order chi connectivity index (χ1) is 4.70. The molecule has 0 fully saturated rings. The largest absolute Gasteiger partial charge is 0.294 e. The molecule has 0 aliphatic rings. The third-order valence-corrected chi connectivity index (χ3v) is 1.22. The summed E-state index contributed by atoms with van der Waals surface area (Å²) in [5.41, 5.74) is 1.55. The summed E-state index contributed by atoms with van der Waals surface area (Å²) >= 11 is 0. The fraction of sp³-hybridized carbons (Fsp3) is 0.250. The first kappa shape index (κ1) is 6.93. The Balaban J connectivity index is 3.07. The maximum atomic E-state index is 10.7. The quantitative estimate of drug-likeness (QED) is 0.543. The van der Waals surface area contributed by atoms with Crippen molar-refractivity contribution in [2.24, 2.45) is 0 Å². The van der Waals surface area contributed by atoms with Crippen LogP contribution in [0.4, 0.5) is 0 Å². The van der Waals surface area contributed by atoms with Crippen molar-refractivity contribution in [3.63, 3.8) is 0 Å². The van der Waals surface area contributed by atoms with E-state index in [2.05, 4.69) is 11.2 Å². The fourth-order valence-corrected chi connectivity index (χ4v) is 0.699. The minimum atomic E-state index is 0.0459. The highest BCUT2D eigenvalue weighted by molar-refractivity contribution is 5.93. The van der Waals surface area contributed by atoms with E-state index in [1.165, 1.54) is 13.1 Å². The van der Waals surface area contributed by atoms with E-state index in [4.69, 9.17) is 0 Å². The smallest absolute Gasteiger partial charge is 0.161 e. The number of pyridine rings is 1. The Bertz CT molecular complexity index is 255. The van der Waals surface area contributed by atoms with E-state index in [0.717, 1.165) is 5.56 Å². The summed E-state index contributed by atoms with van der Waals surface area (Å²) in [5, 5.41) is 0. The van der Waals surface area contributed by atoms with E-state index in [0.29, 0.717) is 5.56 Å². The summed E-state index contributed by atoms with van der Waals surface area (Å²) in [6.07, 6.45) is 4.25. The molecule has 1 rings (SSSR count). The molecule has 10 heavy (non-hydrogen) atoms. The first-order valence-electron chi connectivity index (χ1n) is 3.05. The minimum absolute atomic E-state index is 0.0459. The second-order valence-electron chi connectivity index (χ2n) is 2.21. The molecular weight excluding hydrogens is 126 g/mol. The summed E-state index contributed by atoms with van der Waals surface area (Å²) < 4.78 is 0. The molecule has 0 saturated carbocycles. The van der Waals surface area contributed by atoms with Crippen LogP contribution in [0.2, 0.25) is 0 Å². The molecule has 2 heteroatoms. The van der Waals surface area contributed by atoms with Gasteiger partial charge in [-0.15, -0.1) is 0 Å². The number of aromatic nitrogens is 1. The van der Waals surface area contributed by atoms with Crippen LogP contribution in [0, 0.1) is 13.1 Å². The Morgan fingerprint density at radius 1 is 1.70 bits per heavy atom. The molecule has 0 aliphatic heterocycles. The van der Waals surface area contributed by atoms with Gasteiger partial charge in [-0.3, -0.25) is 9.78 Å². The van der Waals surface area contributed by atoms with Crippen LogP contribution in [-0.2, 0) is 0 Å². The van der Waals surface area contributed by atoms with E-state index in [9.17, 15) is 4.79 Å². The topological polar surface area (TPSA) is 30.0 Å². The van der Waals surface area contributed by atoms with Gasteiger partial charge < -0.3 is 0 Å². The van der Waals surface area contributed by atoms with Crippen LogP contribution in [0.25, 0.3) is 0 Å². The van der Waals surface area contributed by atoms with Crippen LogP contribution in [0.15, 0.2) is 12.3 Å². The van der Waals surface area contributed by atoms with Gasteiger partial charge in [-0.25, -0.2) is 0 Å². The maximum absolute atomic E-state index is 10.7. The van der Waals surface area contributed by atoms with Gasteiger partial charge in [0.1, 0.15) is 0 Å². The highest BCUT2D eigenvalue weighted by Gasteiger charge is 1.97. The number of hydrogen-bond acceptors (Lipinski definition) is 2. The summed E-state index contributed by atoms with van der Waals surface area (Å²) in [6.45, 7) is 3.38. The van der Waals surface area contributed by atoms with Crippen molar-refractivity contribution in [2.45, 2.75) is 13.8 Å². The molecule has 0 saturated heterocycles. The molecule has 0 amide bonds. The van der Waals surface area contributed by atoms with Gasteiger partial charge in [0, 0.05) is 11.8 Å². The molecule has 0 aromatic carbocycles. The Kier molecular flexibility index (Phi) is 1.81. The van der Waals surface area contributed by atoms with E-state index < -0.39 is 0 Å². The number of carbonyl (C=O) groups excluding carboxylic acids is 1. The van der Waals surface area contributed by atoms with Crippen molar-refractivity contribution in [2.75, 3.05) is 0 Å². The molecule has 0 atom stereocenters. The first-order valence-corrected chi connectivity index (χ1v) is 3.05. The van der Waals surface area contributed by atoms with E-state index in [1.54, 1.807) is 6.07 Å². The normalized spacial score (nSPS) is 9.40. The van der Waals surface area contributed by atoms with Gasteiger partial charge in [0.05, 0.1) is 6.20 Å². The van der Waals surface area contributed by atoms with Gasteiger partial charge in [0.2, 0.25) is 0 Å². The van der Waals surface area contributed by atoms with Crippen molar-refractivity contribution >= 4 is 5.78 Å². The van der Waals surface area contributed by atoms with Crippen molar-refractivity contribution in [3.8, 4) is 0 Å². The lowest BCUT2D eigenvalue weighted by molar-refractivity contribution is 0.101.